The summed E-state index contributed by atoms with van der Waals surface area (Å²) in [6.45, 7) is 6.15. The van der Waals surface area contributed by atoms with Crippen LogP contribution in [0.2, 0.25) is 0 Å². The normalized spacial score (nSPS) is 13.4. The number of rotatable bonds is 42. The van der Waals surface area contributed by atoms with Crippen LogP contribution in [0.15, 0.2) is 146 Å². The Morgan fingerprint density at radius 1 is 0.328 bits per heavy atom. The first kappa shape index (κ1) is 59.3. The Kier molecular flexibility index (Phi) is 47.2. The quantitative estimate of drug-likeness (QED) is 0.0200. The molecule has 1 atom stereocenters. The summed E-state index contributed by atoms with van der Waals surface area (Å²) < 4.78 is 16.7. The molecule has 0 bridgehead atoms. The number of ether oxygens (including phenoxy) is 3. The lowest BCUT2D eigenvalue weighted by molar-refractivity contribution is -0.167. The minimum atomic E-state index is -0.818. The molecule has 0 spiro atoms. The van der Waals surface area contributed by atoms with Gasteiger partial charge in [0.25, 0.3) is 0 Å². The van der Waals surface area contributed by atoms with Crippen molar-refractivity contribution >= 4 is 17.9 Å². The fourth-order valence-corrected chi connectivity index (χ4v) is 6.17. The standard InChI is InChI=1S/C58H88O6/c1-4-7-10-13-16-19-22-25-28-29-31-33-36-39-42-45-48-51-57(60)63-54-55(53-62-56(59)50-47-44-41-38-35-32-27-24-21-18-15-12-9-6-3)64-58(61)52-49-46-43-40-37-34-30-26-23-20-17-14-11-8-5-2/h7-14,16-23,25-26,28-31,33,36,55H,4-6,15,24,27,32,34-35,37-54H2,1-3H3/b10-7-,11-8-,12-9-,16-13-,17-14-,21-18-,22-19-,23-20-,28-25-,30-26-,31-29+,36-33-. The molecule has 0 fully saturated rings. The zero-order valence-corrected chi connectivity index (χ0v) is 40.5. The van der Waals surface area contributed by atoms with Crippen LogP contribution in [0.4, 0.5) is 0 Å². The Hall–Kier alpha value is -4.71. The summed E-state index contributed by atoms with van der Waals surface area (Å²) in [6.07, 6.45) is 72.5. The average molecular weight is 881 g/mol. The maximum absolute atomic E-state index is 12.8. The molecule has 64 heavy (non-hydrogen) atoms. The Morgan fingerprint density at radius 2 is 0.641 bits per heavy atom. The fourth-order valence-electron chi connectivity index (χ4n) is 6.17. The van der Waals surface area contributed by atoms with Crippen molar-refractivity contribution in [2.45, 2.75) is 187 Å². The summed E-state index contributed by atoms with van der Waals surface area (Å²) in [5.41, 5.74) is 0. The van der Waals surface area contributed by atoms with Crippen molar-refractivity contribution in [1.82, 2.24) is 0 Å². The maximum atomic E-state index is 12.8. The molecule has 0 rings (SSSR count). The van der Waals surface area contributed by atoms with E-state index in [0.717, 1.165) is 116 Å². The summed E-state index contributed by atoms with van der Waals surface area (Å²) in [4.78, 5) is 38.0. The van der Waals surface area contributed by atoms with E-state index in [1.807, 2.05) is 85.1 Å². The van der Waals surface area contributed by atoms with Crippen molar-refractivity contribution in [3.63, 3.8) is 0 Å². The molecule has 0 amide bonds. The second-order valence-electron chi connectivity index (χ2n) is 15.8. The van der Waals surface area contributed by atoms with Gasteiger partial charge >= 0.3 is 17.9 Å². The molecule has 0 heterocycles. The van der Waals surface area contributed by atoms with Gasteiger partial charge in [-0.3, -0.25) is 14.4 Å². The van der Waals surface area contributed by atoms with Crippen molar-refractivity contribution in [2.75, 3.05) is 13.2 Å². The molecule has 0 aliphatic heterocycles. The Labute approximate surface area is 391 Å². The van der Waals surface area contributed by atoms with E-state index < -0.39 is 6.10 Å². The molecule has 1 unspecified atom stereocenters. The Morgan fingerprint density at radius 3 is 1.06 bits per heavy atom. The molecule has 0 aromatic heterocycles. The highest BCUT2D eigenvalue weighted by Gasteiger charge is 2.19. The van der Waals surface area contributed by atoms with Gasteiger partial charge in [-0.1, -0.05) is 224 Å². The minimum absolute atomic E-state index is 0.113. The molecule has 0 saturated carbocycles. The van der Waals surface area contributed by atoms with Gasteiger partial charge in [-0.15, -0.1) is 0 Å². The molecule has 6 heteroatoms. The highest BCUT2D eigenvalue weighted by atomic mass is 16.6. The zero-order chi connectivity index (χ0) is 46.5. The van der Waals surface area contributed by atoms with Crippen molar-refractivity contribution in [2.24, 2.45) is 0 Å². The van der Waals surface area contributed by atoms with Crippen LogP contribution in [0.25, 0.3) is 0 Å². The molecule has 0 radical (unpaired) electrons. The van der Waals surface area contributed by atoms with Crippen LogP contribution in [-0.4, -0.2) is 37.2 Å². The lowest BCUT2D eigenvalue weighted by atomic mass is 10.1. The van der Waals surface area contributed by atoms with E-state index in [0.29, 0.717) is 12.8 Å². The summed E-state index contributed by atoms with van der Waals surface area (Å²) in [5, 5.41) is 0. The number of esters is 3. The smallest absolute Gasteiger partial charge is 0.306 e. The van der Waals surface area contributed by atoms with Gasteiger partial charge in [-0.05, 0) is 83.5 Å². The number of hydrogen-bond acceptors (Lipinski definition) is 6. The third-order valence-corrected chi connectivity index (χ3v) is 9.83. The van der Waals surface area contributed by atoms with Crippen LogP contribution in [-0.2, 0) is 28.6 Å². The second-order valence-corrected chi connectivity index (χ2v) is 15.8. The third-order valence-electron chi connectivity index (χ3n) is 9.83. The summed E-state index contributed by atoms with van der Waals surface area (Å²) in [6, 6.07) is 0. The fraction of sp³-hybridized carbons (Fsp3) is 0.534. The highest BCUT2D eigenvalue weighted by Crippen LogP contribution is 2.13. The number of unbranched alkanes of at least 4 members (excludes halogenated alkanes) is 15. The predicted octanol–water partition coefficient (Wildman–Crippen LogP) is 16.5. The van der Waals surface area contributed by atoms with Crippen molar-refractivity contribution in [1.29, 1.82) is 0 Å². The van der Waals surface area contributed by atoms with Gasteiger partial charge < -0.3 is 14.2 Å². The maximum Gasteiger partial charge on any atom is 0.306 e. The Balaban J connectivity index is 4.57. The first-order valence-corrected chi connectivity index (χ1v) is 25.0. The number of hydrogen-bond donors (Lipinski definition) is 0. The van der Waals surface area contributed by atoms with Gasteiger partial charge in [0, 0.05) is 19.3 Å². The topological polar surface area (TPSA) is 78.9 Å². The van der Waals surface area contributed by atoms with Gasteiger partial charge in [0.1, 0.15) is 13.2 Å². The summed E-state index contributed by atoms with van der Waals surface area (Å²) >= 11 is 0. The number of carbonyl (C=O) groups is 3. The van der Waals surface area contributed by atoms with Crippen molar-refractivity contribution < 1.29 is 28.6 Å². The lowest BCUT2D eigenvalue weighted by Gasteiger charge is -2.18. The monoisotopic (exact) mass is 881 g/mol. The predicted molar refractivity (Wildman–Crippen MR) is 274 cm³/mol. The molecule has 356 valence electrons. The van der Waals surface area contributed by atoms with E-state index in [-0.39, 0.29) is 37.5 Å². The van der Waals surface area contributed by atoms with E-state index >= 15 is 0 Å². The van der Waals surface area contributed by atoms with Crippen LogP contribution < -0.4 is 0 Å². The number of carbonyl (C=O) groups excluding carboxylic acids is 3. The largest absolute Gasteiger partial charge is 0.462 e. The first-order chi connectivity index (χ1) is 31.5. The van der Waals surface area contributed by atoms with Gasteiger partial charge in [-0.25, -0.2) is 0 Å². The van der Waals surface area contributed by atoms with Crippen LogP contribution >= 0.6 is 0 Å². The second kappa shape index (κ2) is 50.9. The summed E-state index contributed by atoms with van der Waals surface area (Å²) in [5.74, 6) is -1.00. The molecule has 6 nitrogen and oxygen atoms in total. The van der Waals surface area contributed by atoms with E-state index in [1.165, 1.54) is 25.7 Å². The summed E-state index contributed by atoms with van der Waals surface area (Å²) in [7, 11) is 0. The van der Waals surface area contributed by atoms with Gasteiger partial charge in [0.2, 0.25) is 0 Å². The molecule has 0 aromatic rings. The molecule has 0 N–H and O–H groups in total. The van der Waals surface area contributed by atoms with Crippen molar-refractivity contribution in [3.8, 4) is 0 Å². The SMILES string of the molecule is CC\C=C/C=C\C=C/C=C\C=C\C=C/CCCCCC(=O)OCC(COC(=O)CCCCCCCCC/C=C\C/C=C\CC)OC(=O)CCCCCCC\C=C/C=C\C=C/C=C\CC. The van der Waals surface area contributed by atoms with Crippen LogP contribution in [0.5, 0.6) is 0 Å². The van der Waals surface area contributed by atoms with Gasteiger partial charge in [-0.2, -0.15) is 0 Å². The van der Waals surface area contributed by atoms with Crippen LogP contribution in [0, 0.1) is 0 Å². The number of allylic oxidation sites excluding steroid dienone is 24. The first-order valence-electron chi connectivity index (χ1n) is 25.0. The van der Waals surface area contributed by atoms with E-state index in [1.54, 1.807) is 0 Å². The Bertz CT molecular complexity index is 1480. The van der Waals surface area contributed by atoms with Gasteiger partial charge in [0.05, 0.1) is 0 Å². The molecular weight excluding hydrogens is 793 g/mol. The third kappa shape index (κ3) is 48.3. The van der Waals surface area contributed by atoms with E-state index in [9.17, 15) is 14.4 Å². The molecule has 0 saturated heterocycles. The minimum Gasteiger partial charge on any atom is -0.462 e. The molecular formula is C58H88O6. The van der Waals surface area contributed by atoms with Crippen molar-refractivity contribution in [3.05, 3.63) is 146 Å². The zero-order valence-electron chi connectivity index (χ0n) is 40.5. The molecule has 0 aromatic carbocycles. The lowest BCUT2D eigenvalue weighted by Crippen LogP contribution is -2.30. The molecule has 0 aliphatic carbocycles. The highest BCUT2D eigenvalue weighted by molar-refractivity contribution is 5.71. The average Bonchev–Trinajstić information content (AvgIpc) is 3.29. The molecule has 0 aliphatic rings. The van der Waals surface area contributed by atoms with E-state index in [2.05, 4.69) is 81.5 Å². The van der Waals surface area contributed by atoms with Gasteiger partial charge in [0.15, 0.2) is 6.10 Å². The van der Waals surface area contributed by atoms with Crippen LogP contribution in [0.3, 0.4) is 0 Å². The van der Waals surface area contributed by atoms with E-state index in [4.69, 9.17) is 14.2 Å². The van der Waals surface area contributed by atoms with Crippen LogP contribution in [0.1, 0.15) is 181 Å².